The van der Waals surface area contributed by atoms with E-state index in [9.17, 15) is 4.79 Å². The maximum atomic E-state index is 11.3. The van der Waals surface area contributed by atoms with Crippen molar-refractivity contribution >= 4 is 5.91 Å². The van der Waals surface area contributed by atoms with Gasteiger partial charge in [-0.1, -0.05) is 33.1 Å². The second kappa shape index (κ2) is 8.51. The van der Waals surface area contributed by atoms with Crippen molar-refractivity contribution in [1.29, 1.82) is 0 Å². The zero-order chi connectivity index (χ0) is 12.5. The van der Waals surface area contributed by atoms with Crippen molar-refractivity contribution in [2.75, 3.05) is 19.6 Å². The Kier molecular flexibility index (Phi) is 7.25. The smallest absolute Gasteiger partial charge is 0.233 e. The van der Waals surface area contributed by atoms with E-state index in [1.165, 1.54) is 32.1 Å². The van der Waals surface area contributed by atoms with Gasteiger partial charge in [0.15, 0.2) is 0 Å². The molecule has 1 aliphatic carbocycles. The average molecular weight is 240 g/mol. The van der Waals surface area contributed by atoms with Gasteiger partial charge in [-0.25, -0.2) is 0 Å². The number of carbonyl (C=O) groups is 1. The van der Waals surface area contributed by atoms with E-state index in [4.69, 9.17) is 0 Å². The first-order valence-corrected chi connectivity index (χ1v) is 7.19. The summed E-state index contributed by atoms with van der Waals surface area (Å²) in [7, 11) is 0. The molecule has 0 aliphatic heterocycles. The summed E-state index contributed by atoms with van der Waals surface area (Å²) in [4.78, 5) is 11.3. The molecule has 2 N–H and O–H groups in total. The Bertz CT molecular complexity index is 218. The summed E-state index contributed by atoms with van der Waals surface area (Å²) in [5.74, 6) is 1.91. The van der Waals surface area contributed by atoms with E-state index in [-0.39, 0.29) is 5.91 Å². The van der Waals surface area contributed by atoms with E-state index in [1.54, 1.807) is 0 Å². The molecule has 1 saturated carbocycles. The number of hydrogen-bond acceptors (Lipinski definition) is 2. The number of nitrogens with one attached hydrogen (secondary N) is 2. The van der Waals surface area contributed by atoms with Crippen LogP contribution in [0.3, 0.4) is 0 Å². The van der Waals surface area contributed by atoms with Crippen LogP contribution in [0.2, 0.25) is 0 Å². The number of rotatable bonds is 7. The van der Waals surface area contributed by atoms with Gasteiger partial charge in [0.05, 0.1) is 6.54 Å². The standard InChI is InChI=1S/C14H28N2O/c1-3-8-16-14(17)11-15-9-7-13-6-4-5-12(2)10-13/h12-13,15H,3-11H2,1-2H3,(H,16,17). The second-order valence-corrected chi connectivity index (χ2v) is 5.45. The second-order valence-electron chi connectivity index (χ2n) is 5.45. The molecule has 3 nitrogen and oxygen atoms in total. The SMILES string of the molecule is CCCNC(=O)CNCCC1CCCC(C)C1. The summed E-state index contributed by atoms with van der Waals surface area (Å²) in [6.07, 6.45) is 7.79. The quantitative estimate of drug-likeness (QED) is 0.671. The number of amides is 1. The van der Waals surface area contributed by atoms with E-state index in [2.05, 4.69) is 24.5 Å². The van der Waals surface area contributed by atoms with Crippen molar-refractivity contribution < 1.29 is 4.79 Å². The van der Waals surface area contributed by atoms with Crippen molar-refractivity contribution in [2.45, 2.75) is 52.4 Å². The van der Waals surface area contributed by atoms with Crippen LogP contribution < -0.4 is 10.6 Å². The zero-order valence-electron chi connectivity index (χ0n) is 11.4. The van der Waals surface area contributed by atoms with Crippen LogP contribution >= 0.6 is 0 Å². The van der Waals surface area contributed by atoms with E-state index in [0.717, 1.165) is 31.3 Å². The van der Waals surface area contributed by atoms with E-state index in [1.807, 2.05) is 0 Å². The Morgan fingerprint density at radius 2 is 2.12 bits per heavy atom. The van der Waals surface area contributed by atoms with Crippen molar-refractivity contribution in [3.05, 3.63) is 0 Å². The molecule has 0 saturated heterocycles. The Morgan fingerprint density at radius 3 is 2.82 bits per heavy atom. The summed E-state index contributed by atoms with van der Waals surface area (Å²) in [5, 5.41) is 6.12. The van der Waals surface area contributed by atoms with E-state index < -0.39 is 0 Å². The minimum Gasteiger partial charge on any atom is -0.355 e. The van der Waals surface area contributed by atoms with Gasteiger partial charge in [-0.05, 0) is 37.6 Å². The van der Waals surface area contributed by atoms with Gasteiger partial charge < -0.3 is 10.6 Å². The van der Waals surface area contributed by atoms with E-state index >= 15 is 0 Å². The van der Waals surface area contributed by atoms with Crippen LogP contribution in [-0.2, 0) is 4.79 Å². The summed E-state index contributed by atoms with van der Waals surface area (Å²) in [5.41, 5.74) is 0. The third kappa shape index (κ3) is 6.67. The molecular weight excluding hydrogens is 212 g/mol. The van der Waals surface area contributed by atoms with Gasteiger partial charge in [-0.2, -0.15) is 0 Å². The maximum Gasteiger partial charge on any atom is 0.233 e. The molecule has 17 heavy (non-hydrogen) atoms. The number of carbonyl (C=O) groups excluding carboxylic acids is 1. The van der Waals surface area contributed by atoms with Crippen LogP contribution in [0.15, 0.2) is 0 Å². The lowest BCUT2D eigenvalue weighted by atomic mass is 9.81. The van der Waals surface area contributed by atoms with Crippen molar-refractivity contribution in [3.63, 3.8) is 0 Å². The fourth-order valence-corrected chi connectivity index (χ4v) is 2.66. The molecule has 2 unspecified atom stereocenters. The third-order valence-corrected chi connectivity index (χ3v) is 3.63. The Labute approximate surface area is 106 Å². The molecule has 0 aromatic rings. The van der Waals surface area contributed by atoms with Gasteiger partial charge in [0.2, 0.25) is 5.91 Å². The first kappa shape index (κ1) is 14.5. The molecule has 1 rings (SSSR count). The molecule has 0 aromatic heterocycles. The van der Waals surface area contributed by atoms with Crippen LogP contribution in [-0.4, -0.2) is 25.5 Å². The van der Waals surface area contributed by atoms with Crippen LogP contribution in [0, 0.1) is 11.8 Å². The van der Waals surface area contributed by atoms with Gasteiger partial charge in [-0.15, -0.1) is 0 Å². The third-order valence-electron chi connectivity index (χ3n) is 3.63. The highest BCUT2D eigenvalue weighted by Crippen LogP contribution is 2.30. The van der Waals surface area contributed by atoms with Crippen LogP contribution in [0.4, 0.5) is 0 Å². The molecule has 0 heterocycles. The lowest BCUT2D eigenvalue weighted by Crippen LogP contribution is -2.35. The lowest BCUT2D eigenvalue weighted by molar-refractivity contribution is -0.120. The van der Waals surface area contributed by atoms with Crippen molar-refractivity contribution in [1.82, 2.24) is 10.6 Å². The predicted molar refractivity (Wildman–Crippen MR) is 71.9 cm³/mol. The van der Waals surface area contributed by atoms with Gasteiger partial charge in [0, 0.05) is 6.54 Å². The van der Waals surface area contributed by atoms with Crippen LogP contribution in [0.5, 0.6) is 0 Å². The van der Waals surface area contributed by atoms with Crippen molar-refractivity contribution in [2.24, 2.45) is 11.8 Å². The molecule has 0 radical (unpaired) electrons. The molecule has 1 fully saturated rings. The molecule has 0 aromatic carbocycles. The van der Waals surface area contributed by atoms with Gasteiger partial charge in [0.25, 0.3) is 0 Å². The fourth-order valence-electron chi connectivity index (χ4n) is 2.66. The first-order chi connectivity index (χ1) is 8.22. The monoisotopic (exact) mass is 240 g/mol. The zero-order valence-corrected chi connectivity index (χ0v) is 11.4. The van der Waals surface area contributed by atoms with Crippen LogP contribution in [0.1, 0.15) is 52.4 Å². The predicted octanol–water partition coefficient (Wildman–Crippen LogP) is 2.32. The van der Waals surface area contributed by atoms with E-state index in [0.29, 0.717) is 6.54 Å². The lowest BCUT2D eigenvalue weighted by Gasteiger charge is -2.26. The molecule has 100 valence electrons. The summed E-state index contributed by atoms with van der Waals surface area (Å²) in [6, 6.07) is 0. The maximum absolute atomic E-state index is 11.3. The van der Waals surface area contributed by atoms with Gasteiger partial charge in [0.1, 0.15) is 0 Å². The normalized spacial score (nSPS) is 24.6. The molecule has 0 spiro atoms. The molecular formula is C14H28N2O. The molecule has 0 bridgehead atoms. The summed E-state index contributed by atoms with van der Waals surface area (Å²) in [6.45, 7) is 6.68. The molecule has 1 amide bonds. The highest BCUT2D eigenvalue weighted by Gasteiger charge is 2.18. The highest BCUT2D eigenvalue weighted by atomic mass is 16.1. The molecule has 3 heteroatoms. The molecule has 1 aliphatic rings. The summed E-state index contributed by atoms with van der Waals surface area (Å²) < 4.78 is 0. The minimum absolute atomic E-state index is 0.129. The minimum atomic E-state index is 0.129. The van der Waals surface area contributed by atoms with Gasteiger partial charge >= 0.3 is 0 Å². The Hall–Kier alpha value is -0.570. The Morgan fingerprint density at radius 1 is 1.29 bits per heavy atom. The fraction of sp³-hybridized carbons (Fsp3) is 0.929. The van der Waals surface area contributed by atoms with Crippen LogP contribution in [0.25, 0.3) is 0 Å². The average Bonchev–Trinajstić information content (AvgIpc) is 2.32. The Balaban J connectivity index is 1.98. The van der Waals surface area contributed by atoms with Crippen molar-refractivity contribution in [3.8, 4) is 0 Å². The van der Waals surface area contributed by atoms with Gasteiger partial charge in [-0.3, -0.25) is 4.79 Å². The number of hydrogen-bond donors (Lipinski definition) is 2. The largest absolute Gasteiger partial charge is 0.355 e. The molecule has 2 atom stereocenters. The topological polar surface area (TPSA) is 41.1 Å². The highest BCUT2D eigenvalue weighted by molar-refractivity contribution is 5.77. The summed E-state index contributed by atoms with van der Waals surface area (Å²) >= 11 is 0. The first-order valence-electron chi connectivity index (χ1n) is 7.19.